The van der Waals surface area contributed by atoms with Crippen LogP contribution in [0, 0.1) is 16.7 Å². The van der Waals surface area contributed by atoms with E-state index in [2.05, 4.69) is 31.9 Å². The number of hydrogen-bond donors (Lipinski definition) is 24. The summed E-state index contributed by atoms with van der Waals surface area (Å²) in [6, 6.07) is 0. The first kappa shape index (κ1) is 75.4. The zero-order chi connectivity index (χ0) is 52.0. The first-order valence-electron chi connectivity index (χ1n) is 19.8. The highest BCUT2D eigenvalue weighted by Gasteiger charge is 2.80. The van der Waals surface area contributed by atoms with Crippen molar-refractivity contribution in [2.24, 2.45) is 16.7 Å². The van der Waals surface area contributed by atoms with Crippen LogP contribution in [-0.2, 0) is 28.8 Å². The fourth-order valence-corrected chi connectivity index (χ4v) is 4.12. The lowest BCUT2D eigenvalue weighted by Crippen LogP contribution is -2.68. The molecule has 0 saturated carbocycles. The van der Waals surface area contributed by atoms with E-state index in [1.165, 1.54) is 0 Å². The molecule has 1 atom stereocenters. The van der Waals surface area contributed by atoms with Crippen molar-refractivity contribution in [1.82, 2.24) is 31.9 Å². The Labute approximate surface area is 376 Å². The molecule has 392 valence electrons. The highest BCUT2D eigenvalue weighted by Crippen LogP contribution is 2.49. The van der Waals surface area contributed by atoms with Gasteiger partial charge < -0.3 is 124 Å². The minimum absolute atomic E-state index is 0.139. The molecule has 1 unspecified atom stereocenters. The van der Waals surface area contributed by atoms with Crippen molar-refractivity contribution in [3.05, 3.63) is 0 Å². The largest absolute Gasteiger partial charge is 0.481 e. The molecule has 0 aliphatic carbocycles. The van der Waals surface area contributed by atoms with E-state index >= 15 is 0 Å². The van der Waals surface area contributed by atoms with Crippen LogP contribution in [-0.4, -0.2) is 286 Å². The van der Waals surface area contributed by atoms with Gasteiger partial charge in [0.2, 0.25) is 5.41 Å². The quantitative estimate of drug-likeness (QED) is 0.0214. The smallest absolute Gasteiger partial charge is 0.334 e. The Morgan fingerprint density at radius 3 is 0.554 bits per heavy atom. The Morgan fingerprint density at radius 2 is 0.477 bits per heavy atom. The van der Waals surface area contributed by atoms with E-state index < -0.39 is 59.0 Å². The van der Waals surface area contributed by atoms with E-state index in [1.54, 1.807) is 0 Å². The van der Waals surface area contributed by atoms with Gasteiger partial charge in [-0.1, -0.05) is 6.92 Å². The summed E-state index contributed by atoms with van der Waals surface area (Å²) in [6.07, 6.45) is -0.858. The highest BCUT2D eigenvalue weighted by molar-refractivity contribution is 6.25. The minimum Gasteiger partial charge on any atom is -0.481 e. The summed E-state index contributed by atoms with van der Waals surface area (Å²) in [4.78, 5) is 68.1. The van der Waals surface area contributed by atoms with E-state index in [4.69, 9.17) is 81.7 Å². The van der Waals surface area contributed by atoms with Crippen molar-refractivity contribution in [3.8, 4) is 0 Å². The third-order valence-electron chi connectivity index (χ3n) is 6.92. The molecule has 0 aliphatic rings. The molecule has 65 heavy (non-hydrogen) atoms. The third-order valence-corrected chi connectivity index (χ3v) is 6.92. The van der Waals surface area contributed by atoms with E-state index in [0.29, 0.717) is 78.5 Å². The Morgan fingerprint density at radius 1 is 0.323 bits per heavy atom. The molecule has 0 aromatic rings. The molecule has 0 heterocycles. The summed E-state index contributed by atoms with van der Waals surface area (Å²) in [5, 5.41) is 169. The summed E-state index contributed by atoms with van der Waals surface area (Å²) in [6.45, 7) is 9.45. The maximum atomic E-state index is 11.5. The number of rotatable bonds is 33. The van der Waals surface area contributed by atoms with Gasteiger partial charge in [0.15, 0.2) is 0 Å². The van der Waals surface area contributed by atoms with Crippen LogP contribution in [0.2, 0.25) is 0 Å². The molecule has 0 aromatic carbocycles. The van der Waals surface area contributed by atoms with Gasteiger partial charge in [-0.15, -0.1) is 0 Å². The van der Waals surface area contributed by atoms with Crippen molar-refractivity contribution < 1.29 is 121 Å². The van der Waals surface area contributed by atoms with Crippen LogP contribution < -0.4 is 31.9 Å². The molecule has 0 aliphatic heterocycles. The van der Waals surface area contributed by atoms with Gasteiger partial charge in [0.25, 0.3) is 5.41 Å². The Bertz CT molecular complexity index is 949. The number of carboxylic acid groups (broad SMARTS) is 6. The predicted molar refractivity (Wildman–Crippen MR) is 227 cm³/mol. The molecule has 0 aromatic heterocycles. The topological polar surface area (TPSA) is 539 Å². The lowest BCUT2D eigenvalue weighted by Gasteiger charge is -2.38. The molecule has 30 heteroatoms. The summed E-state index contributed by atoms with van der Waals surface area (Å²) >= 11 is 0. The molecular weight excluding hydrogens is 888 g/mol. The summed E-state index contributed by atoms with van der Waals surface area (Å²) < 4.78 is 0. The molecule has 24 N–H and O–H groups in total. The van der Waals surface area contributed by atoms with Crippen LogP contribution >= 0.6 is 0 Å². The number of carbonyl (C=O) groups is 6. The number of aliphatic hydroxyl groups is 12. The van der Waals surface area contributed by atoms with Gasteiger partial charge in [-0.05, 0) is 6.42 Å². The molecule has 30 nitrogen and oxygen atoms in total. The number of aliphatic carboxylic acids is 6. The SMILES string of the molecule is CCC(C(=O)O)C(C(=O)O)(C(=O)O)C(C(=O)O)(C(=O)O)C(=O)O.OCCNCCO.OCCNCCO.OCCNCCO.OCCNCCO.OCCNCCO.OCCNCCO. The van der Waals surface area contributed by atoms with E-state index in [0.717, 1.165) is 6.92 Å². The third kappa shape index (κ3) is 40.1. The standard InChI is InChI=1S/C11H12O12.6C4H11NO2/c1-2-3(4(12)13)10(5(14)15,6(16)17)11(7(18)19,8(20)21)9(22)23;6*6-3-1-5-2-4-7/h3H,2H2,1H3,(H,12,13)(H,14,15)(H,16,17)(H,18,19)(H,20,21)(H,22,23);6*5-7H,1-4H2. The molecule has 0 spiro atoms. The van der Waals surface area contributed by atoms with Crippen molar-refractivity contribution >= 4 is 35.8 Å². The lowest BCUT2D eigenvalue weighted by atomic mass is 9.55. The number of aliphatic hydroxyl groups excluding tert-OH is 12. The highest BCUT2D eigenvalue weighted by atomic mass is 16.4. The van der Waals surface area contributed by atoms with E-state index in [9.17, 15) is 39.0 Å². The molecule has 0 bridgehead atoms. The summed E-state index contributed by atoms with van der Waals surface area (Å²) in [5.74, 6) is -18.8. The Balaban J connectivity index is -0.000000133. The molecule has 0 rings (SSSR count). The van der Waals surface area contributed by atoms with E-state index in [-0.39, 0.29) is 79.3 Å². The Kier molecular flexibility index (Phi) is 67.4. The van der Waals surface area contributed by atoms with Crippen molar-refractivity contribution in [2.75, 3.05) is 158 Å². The van der Waals surface area contributed by atoms with Gasteiger partial charge in [0.05, 0.1) is 85.2 Å². The molecule has 0 fully saturated rings. The fourth-order valence-electron chi connectivity index (χ4n) is 4.12. The average Bonchev–Trinajstić information content (AvgIpc) is 3.25. The first-order chi connectivity index (χ1) is 30.8. The van der Waals surface area contributed by atoms with Crippen LogP contribution in [0.15, 0.2) is 0 Å². The van der Waals surface area contributed by atoms with Crippen molar-refractivity contribution in [2.45, 2.75) is 13.3 Å². The molecule has 0 radical (unpaired) electrons. The van der Waals surface area contributed by atoms with Gasteiger partial charge in [-0.3, -0.25) is 28.8 Å². The second-order valence-corrected chi connectivity index (χ2v) is 11.6. The summed E-state index contributed by atoms with van der Waals surface area (Å²) in [7, 11) is 0. The maximum absolute atomic E-state index is 11.5. The predicted octanol–water partition coefficient (Wildman–Crippen LogP) is -10.1. The zero-order valence-corrected chi connectivity index (χ0v) is 36.8. The van der Waals surface area contributed by atoms with Crippen LogP contribution in [0.1, 0.15) is 13.3 Å². The van der Waals surface area contributed by atoms with Crippen LogP contribution in [0.25, 0.3) is 0 Å². The molecular formula is C35H78N6O24. The average molecular weight is 967 g/mol. The van der Waals surface area contributed by atoms with Gasteiger partial charge in [-0.25, -0.2) is 0 Å². The Hall–Kier alpha value is -3.90. The van der Waals surface area contributed by atoms with E-state index in [1.807, 2.05) is 0 Å². The number of hydrogen-bond acceptors (Lipinski definition) is 24. The van der Waals surface area contributed by atoms with Crippen LogP contribution in [0.4, 0.5) is 0 Å². The monoisotopic (exact) mass is 967 g/mol. The minimum atomic E-state index is -4.47. The van der Waals surface area contributed by atoms with Gasteiger partial charge >= 0.3 is 35.8 Å². The zero-order valence-electron chi connectivity index (χ0n) is 36.8. The fraction of sp³-hybridized carbons (Fsp3) is 0.829. The second-order valence-electron chi connectivity index (χ2n) is 11.6. The maximum Gasteiger partial charge on any atom is 0.334 e. The van der Waals surface area contributed by atoms with Crippen LogP contribution in [0.5, 0.6) is 0 Å². The summed E-state index contributed by atoms with van der Waals surface area (Å²) in [5.41, 5.74) is -8.67. The molecule has 0 amide bonds. The second kappa shape index (κ2) is 58.1. The molecule has 0 saturated heterocycles. The van der Waals surface area contributed by atoms with Crippen LogP contribution in [0.3, 0.4) is 0 Å². The normalized spacial score (nSPS) is 10.7. The van der Waals surface area contributed by atoms with Gasteiger partial charge in [0.1, 0.15) is 0 Å². The van der Waals surface area contributed by atoms with Crippen molar-refractivity contribution in [3.63, 3.8) is 0 Å². The van der Waals surface area contributed by atoms with Crippen molar-refractivity contribution in [1.29, 1.82) is 0 Å². The number of carboxylic acids is 6. The van der Waals surface area contributed by atoms with Gasteiger partial charge in [0, 0.05) is 78.5 Å². The lowest BCUT2D eigenvalue weighted by molar-refractivity contribution is -0.209. The first-order valence-corrected chi connectivity index (χ1v) is 19.8. The number of nitrogens with one attached hydrogen (secondary N) is 6. The van der Waals surface area contributed by atoms with Gasteiger partial charge in [-0.2, -0.15) is 0 Å².